The number of esters is 1. The Kier molecular flexibility index (Phi) is 9.81. The molecule has 0 amide bonds. The Labute approximate surface area is 163 Å². The van der Waals surface area contributed by atoms with Crippen LogP contribution in [0.3, 0.4) is 0 Å². The molecule has 1 aliphatic heterocycles. The predicted octanol–water partition coefficient (Wildman–Crippen LogP) is 3.50. The molecular formula is C22H35NO4. The van der Waals surface area contributed by atoms with E-state index < -0.39 is 6.10 Å². The first-order valence-corrected chi connectivity index (χ1v) is 10.4. The van der Waals surface area contributed by atoms with Crippen LogP contribution in [-0.4, -0.2) is 54.9 Å². The summed E-state index contributed by atoms with van der Waals surface area (Å²) in [7, 11) is 0. The van der Waals surface area contributed by atoms with Crippen LogP contribution in [0.15, 0.2) is 24.3 Å². The van der Waals surface area contributed by atoms with Crippen molar-refractivity contribution in [3.05, 3.63) is 35.4 Å². The molecule has 0 aliphatic carbocycles. The van der Waals surface area contributed by atoms with Gasteiger partial charge in [0.05, 0.1) is 25.4 Å². The van der Waals surface area contributed by atoms with Crippen LogP contribution in [0.2, 0.25) is 0 Å². The number of aliphatic hydroxyl groups is 1. The number of ether oxygens (including phenoxy) is 2. The van der Waals surface area contributed by atoms with Crippen LogP contribution in [0.5, 0.6) is 0 Å². The molecular weight excluding hydrogens is 342 g/mol. The number of β-amino-alcohol motifs (C(OH)–C–C–N with tert-alkyl or cyclic N) is 1. The number of aliphatic hydroxyl groups excluding tert-OH is 1. The first-order valence-electron chi connectivity index (χ1n) is 10.4. The van der Waals surface area contributed by atoms with E-state index in [1.165, 1.54) is 24.0 Å². The second kappa shape index (κ2) is 12.1. The lowest BCUT2D eigenvalue weighted by atomic mass is 9.98. The maximum atomic E-state index is 11.4. The minimum atomic E-state index is -0.442. The minimum absolute atomic E-state index is 0.0560. The molecule has 1 fully saturated rings. The smallest absolute Gasteiger partial charge is 0.305 e. The van der Waals surface area contributed by atoms with Gasteiger partial charge >= 0.3 is 5.97 Å². The second-order valence-electron chi connectivity index (χ2n) is 7.35. The molecule has 2 unspecified atom stereocenters. The minimum Gasteiger partial charge on any atom is -0.466 e. The van der Waals surface area contributed by atoms with E-state index in [9.17, 15) is 9.90 Å². The fourth-order valence-electron chi connectivity index (χ4n) is 3.64. The fraction of sp³-hybridized carbons (Fsp3) is 0.682. The summed E-state index contributed by atoms with van der Waals surface area (Å²) < 4.78 is 10.9. The monoisotopic (exact) mass is 377 g/mol. The summed E-state index contributed by atoms with van der Waals surface area (Å²) in [6.45, 7) is 7.54. The average Bonchev–Trinajstić information content (AvgIpc) is 3.17. The molecule has 1 aromatic rings. The predicted molar refractivity (Wildman–Crippen MR) is 107 cm³/mol. The number of carbonyl (C=O) groups is 1. The van der Waals surface area contributed by atoms with Crippen LogP contribution in [0.4, 0.5) is 0 Å². The largest absolute Gasteiger partial charge is 0.466 e. The van der Waals surface area contributed by atoms with E-state index in [0.717, 1.165) is 32.4 Å². The van der Waals surface area contributed by atoms with Crippen LogP contribution in [-0.2, 0) is 20.7 Å². The fourth-order valence-corrected chi connectivity index (χ4v) is 3.64. The standard InChI is InChI=1S/C22H35NO4/c1-3-26-22(25)13-7-5-11-19-10-4-6-12-21(19)18(2)27-17-20(24)16-23-14-8-9-15-23/h4,6,10,12,18,20,24H,3,5,7-9,11,13-17H2,1-2H3. The number of rotatable bonds is 12. The van der Waals surface area contributed by atoms with Gasteiger partial charge in [-0.25, -0.2) is 0 Å². The van der Waals surface area contributed by atoms with Gasteiger partial charge in [-0.3, -0.25) is 4.79 Å². The van der Waals surface area contributed by atoms with Crippen LogP contribution in [0.25, 0.3) is 0 Å². The molecule has 0 spiro atoms. The molecule has 27 heavy (non-hydrogen) atoms. The van der Waals surface area contributed by atoms with E-state index in [2.05, 4.69) is 17.0 Å². The summed E-state index contributed by atoms with van der Waals surface area (Å²) in [4.78, 5) is 13.7. The Balaban J connectivity index is 1.76. The summed E-state index contributed by atoms with van der Waals surface area (Å²) in [5.41, 5.74) is 2.42. The van der Waals surface area contributed by atoms with E-state index in [0.29, 0.717) is 26.2 Å². The number of hydrogen-bond acceptors (Lipinski definition) is 5. The van der Waals surface area contributed by atoms with Gasteiger partial charge in [0.1, 0.15) is 0 Å². The third-order valence-electron chi connectivity index (χ3n) is 5.08. The lowest BCUT2D eigenvalue weighted by Gasteiger charge is -2.22. The Morgan fingerprint density at radius 3 is 2.70 bits per heavy atom. The van der Waals surface area contributed by atoms with Gasteiger partial charge in [0.2, 0.25) is 0 Å². The summed E-state index contributed by atoms with van der Waals surface area (Å²) in [5, 5.41) is 10.2. The zero-order valence-electron chi connectivity index (χ0n) is 16.9. The summed E-state index contributed by atoms with van der Waals surface area (Å²) >= 11 is 0. The summed E-state index contributed by atoms with van der Waals surface area (Å²) in [6, 6.07) is 8.29. The van der Waals surface area contributed by atoms with Crippen molar-refractivity contribution in [2.24, 2.45) is 0 Å². The summed E-state index contributed by atoms with van der Waals surface area (Å²) in [6.07, 6.45) is 5.13. The topological polar surface area (TPSA) is 59.0 Å². The molecule has 2 atom stereocenters. The highest BCUT2D eigenvalue weighted by atomic mass is 16.5. The first-order chi connectivity index (χ1) is 13.1. The molecule has 2 rings (SSSR count). The third kappa shape index (κ3) is 7.99. The zero-order valence-corrected chi connectivity index (χ0v) is 16.9. The molecule has 1 heterocycles. The number of hydrogen-bond donors (Lipinski definition) is 1. The lowest BCUT2D eigenvalue weighted by molar-refractivity contribution is -0.143. The maximum Gasteiger partial charge on any atom is 0.305 e. The molecule has 1 saturated heterocycles. The van der Waals surface area contributed by atoms with Gasteiger partial charge in [-0.05, 0) is 70.2 Å². The van der Waals surface area contributed by atoms with E-state index in [1.54, 1.807) is 0 Å². The van der Waals surface area contributed by atoms with Gasteiger partial charge in [0.15, 0.2) is 0 Å². The van der Waals surface area contributed by atoms with Crippen molar-refractivity contribution in [3.63, 3.8) is 0 Å². The zero-order chi connectivity index (χ0) is 19.5. The average molecular weight is 378 g/mol. The van der Waals surface area contributed by atoms with Gasteiger partial charge < -0.3 is 19.5 Å². The molecule has 1 N–H and O–H groups in total. The first kappa shape index (κ1) is 21.9. The normalized spacial score (nSPS) is 17.0. The highest BCUT2D eigenvalue weighted by Crippen LogP contribution is 2.23. The van der Waals surface area contributed by atoms with Crippen molar-refractivity contribution in [3.8, 4) is 0 Å². The Hall–Kier alpha value is -1.43. The SMILES string of the molecule is CCOC(=O)CCCCc1ccccc1C(C)OCC(O)CN1CCCC1. The van der Waals surface area contributed by atoms with E-state index in [-0.39, 0.29) is 12.1 Å². The molecule has 152 valence electrons. The van der Waals surface area contributed by atoms with Crippen molar-refractivity contribution in [1.82, 2.24) is 4.90 Å². The molecule has 1 aliphatic rings. The Morgan fingerprint density at radius 1 is 1.22 bits per heavy atom. The van der Waals surface area contributed by atoms with E-state index >= 15 is 0 Å². The van der Waals surface area contributed by atoms with Crippen LogP contribution in [0.1, 0.15) is 63.2 Å². The lowest BCUT2D eigenvalue weighted by Crippen LogP contribution is -2.33. The Bertz CT molecular complexity index is 557. The van der Waals surface area contributed by atoms with Crippen molar-refractivity contribution >= 4 is 5.97 Å². The maximum absolute atomic E-state index is 11.4. The highest BCUT2D eigenvalue weighted by Gasteiger charge is 2.18. The van der Waals surface area contributed by atoms with E-state index in [4.69, 9.17) is 9.47 Å². The van der Waals surface area contributed by atoms with Crippen LogP contribution < -0.4 is 0 Å². The molecule has 0 saturated carbocycles. The van der Waals surface area contributed by atoms with Crippen LogP contribution >= 0.6 is 0 Å². The molecule has 0 aromatic heterocycles. The molecule has 1 aromatic carbocycles. The van der Waals surface area contributed by atoms with Crippen molar-refractivity contribution in [2.75, 3.05) is 32.8 Å². The number of aryl methyl sites for hydroxylation is 1. The number of benzene rings is 1. The third-order valence-corrected chi connectivity index (χ3v) is 5.08. The molecule has 5 heteroatoms. The quantitative estimate of drug-likeness (QED) is 0.446. The van der Waals surface area contributed by atoms with Gasteiger partial charge in [0.25, 0.3) is 0 Å². The number of carbonyl (C=O) groups excluding carboxylic acids is 1. The Morgan fingerprint density at radius 2 is 1.96 bits per heavy atom. The number of unbranched alkanes of at least 4 members (excludes halogenated alkanes) is 1. The molecule has 0 bridgehead atoms. The second-order valence-corrected chi connectivity index (χ2v) is 7.35. The van der Waals surface area contributed by atoms with Gasteiger partial charge in [-0.1, -0.05) is 24.3 Å². The molecule has 5 nitrogen and oxygen atoms in total. The molecule has 0 radical (unpaired) electrons. The van der Waals surface area contributed by atoms with Crippen molar-refractivity contribution in [2.45, 2.75) is 64.6 Å². The van der Waals surface area contributed by atoms with Gasteiger partial charge in [-0.15, -0.1) is 0 Å². The van der Waals surface area contributed by atoms with E-state index in [1.807, 2.05) is 26.0 Å². The van der Waals surface area contributed by atoms with Gasteiger partial charge in [-0.2, -0.15) is 0 Å². The summed E-state index contributed by atoms with van der Waals surface area (Å²) in [5.74, 6) is -0.116. The highest BCUT2D eigenvalue weighted by molar-refractivity contribution is 5.69. The van der Waals surface area contributed by atoms with Gasteiger partial charge in [0, 0.05) is 13.0 Å². The number of nitrogens with zero attached hydrogens (tertiary/aromatic N) is 1. The van der Waals surface area contributed by atoms with Crippen molar-refractivity contribution in [1.29, 1.82) is 0 Å². The van der Waals surface area contributed by atoms with Crippen molar-refractivity contribution < 1.29 is 19.4 Å². The van der Waals surface area contributed by atoms with Crippen LogP contribution in [0, 0.1) is 0 Å². The number of likely N-dealkylation sites (tertiary alicyclic amines) is 1.